The van der Waals surface area contributed by atoms with Crippen molar-refractivity contribution in [1.29, 1.82) is 0 Å². The highest BCUT2D eigenvalue weighted by atomic mass is 16.5. The molecule has 3 rings (SSSR count). The van der Waals surface area contributed by atoms with Crippen LogP contribution in [0.25, 0.3) is 0 Å². The lowest BCUT2D eigenvalue weighted by atomic mass is 10.0. The Balaban J connectivity index is 1.48. The minimum absolute atomic E-state index is 0.139. The van der Waals surface area contributed by atoms with Gasteiger partial charge in [0.2, 0.25) is 0 Å². The molecule has 0 saturated heterocycles. The summed E-state index contributed by atoms with van der Waals surface area (Å²) >= 11 is 0. The van der Waals surface area contributed by atoms with Crippen molar-refractivity contribution in [2.45, 2.75) is 26.7 Å². The number of nitrogens with one attached hydrogen (secondary N) is 1. The maximum Gasteiger partial charge on any atom is 0.343 e. The molecular weight excluding hydrogens is 432 g/mol. The first-order valence-corrected chi connectivity index (χ1v) is 10.9. The van der Waals surface area contributed by atoms with Gasteiger partial charge in [0.05, 0.1) is 18.9 Å². The number of nitrogens with zero attached hydrogens (tertiary/aromatic N) is 1. The van der Waals surface area contributed by atoms with Crippen molar-refractivity contribution < 1.29 is 23.8 Å². The van der Waals surface area contributed by atoms with E-state index >= 15 is 0 Å². The molecule has 0 aliphatic carbocycles. The number of amides is 1. The summed E-state index contributed by atoms with van der Waals surface area (Å²) in [6.07, 6.45) is 1.50. The Morgan fingerprint density at radius 1 is 0.971 bits per heavy atom. The predicted molar refractivity (Wildman–Crippen MR) is 131 cm³/mol. The maximum atomic E-state index is 12.2. The van der Waals surface area contributed by atoms with E-state index in [9.17, 15) is 9.59 Å². The minimum atomic E-state index is -0.467. The fourth-order valence-corrected chi connectivity index (χ4v) is 3.00. The van der Waals surface area contributed by atoms with Crippen LogP contribution in [0.5, 0.6) is 17.2 Å². The number of methoxy groups -OCH3 is 1. The Labute approximate surface area is 199 Å². The van der Waals surface area contributed by atoms with Gasteiger partial charge in [-0.05, 0) is 84.1 Å². The summed E-state index contributed by atoms with van der Waals surface area (Å²) in [7, 11) is 1.56. The molecule has 0 heterocycles. The average Bonchev–Trinajstić information content (AvgIpc) is 2.84. The monoisotopic (exact) mass is 460 g/mol. The Morgan fingerprint density at radius 2 is 1.65 bits per heavy atom. The summed E-state index contributed by atoms with van der Waals surface area (Å²) in [5.74, 6) is 1.29. The summed E-state index contributed by atoms with van der Waals surface area (Å²) in [5, 5.41) is 3.95. The zero-order chi connectivity index (χ0) is 24.5. The van der Waals surface area contributed by atoms with Gasteiger partial charge in [-0.3, -0.25) is 4.79 Å². The van der Waals surface area contributed by atoms with E-state index in [1.807, 2.05) is 19.1 Å². The molecule has 3 aromatic carbocycles. The molecule has 7 nitrogen and oxygen atoms in total. The van der Waals surface area contributed by atoms with Gasteiger partial charge in [-0.25, -0.2) is 10.2 Å². The second-order valence-corrected chi connectivity index (χ2v) is 7.95. The third-order valence-electron chi connectivity index (χ3n) is 5.06. The van der Waals surface area contributed by atoms with E-state index in [1.165, 1.54) is 6.21 Å². The van der Waals surface area contributed by atoms with Crippen molar-refractivity contribution in [2.75, 3.05) is 13.7 Å². The van der Waals surface area contributed by atoms with Crippen LogP contribution >= 0.6 is 0 Å². The van der Waals surface area contributed by atoms with Crippen LogP contribution in [0.2, 0.25) is 0 Å². The molecule has 0 radical (unpaired) electrons. The number of hydrogen-bond acceptors (Lipinski definition) is 6. The fourth-order valence-electron chi connectivity index (χ4n) is 3.00. The molecule has 0 aromatic heterocycles. The second-order valence-electron chi connectivity index (χ2n) is 7.95. The van der Waals surface area contributed by atoms with E-state index in [0.29, 0.717) is 28.7 Å². The number of benzene rings is 3. The van der Waals surface area contributed by atoms with E-state index in [-0.39, 0.29) is 12.5 Å². The van der Waals surface area contributed by atoms with E-state index in [0.717, 1.165) is 16.7 Å². The number of ether oxygens (including phenoxy) is 3. The molecule has 1 amide bonds. The Morgan fingerprint density at radius 3 is 2.29 bits per heavy atom. The molecule has 0 atom stereocenters. The van der Waals surface area contributed by atoms with Gasteiger partial charge in [-0.1, -0.05) is 26.0 Å². The number of carbonyl (C=O) groups is 2. The van der Waals surface area contributed by atoms with Crippen LogP contribution < -0.4 is 19.6 Å². The minimum Gasteiger partial charge on any atom is -0.497 e. The van der Waals surface area contributed by atoms with Crippen LogP contribution in [-0.2, 0) is 4.79 Å². The summed E-state index contributed by atoms with van der Waals surface area (Å²) < 4.78 is 16.1. The molecule has 34 heavy (non-hydrogen) atoms. The lowest BCUT2D eigenvalue weighted by Crippen LogP contribution is -2.24. The molecule has 0 spiro atoms. The van der Waals surface area contributed by atoms with Gasteiger partial charge in [0, 0.05) is 0 Å². The number of rotatable bonds is 9. The van der Waals surface area contributed by atoms with Gasteiger partial charge < -0.3 is 14.2 Å². The Hall–Kier alpha value is -4.13. The lowest BCUT2D eigenvalue weighted by molar-refractivity contribution is -0.123. The first-order chi connectivity index (χ1) is 16.4. The van der Waals surface area contributed by atoms with Crippen LogP contribution in [0.15, 0.2) is 71.8 Å². The van der Waals surface area contributed by atoms with Gasteiger partial charge in [0.1, 0.15) is 17.2 Å². The van der Waals surface area contributed by atoms with Crippen LogP contribution in [0, 0.1) is 6.92 Å². The van der Waals surface area contributed by atoms with Crippen molar-refractivity contribution in [1.82, 2.24) is 5.43 Å². The van der Waals surface area contributed by atoms with Crippen molar-refractivity contribution in [2.24, 2.45) is 5.10 Å². The van der Waals surface area contributed by atoms with Crippen LogP contribution in [0.4, 0.5) is 0 Å². The van der Waals surface area contributed by atoms with Gasteiger partial charge in [-0.15, -0.1) is 0 Å². The molecule has 0 aliphatic heterocycles. The highest BCUT2D eigenvalue weighted by Crippen LogP contribution is 2.24. The first-order valence-electron chi connectivity index (χ1n) is 10.9. The summed E-state index contributed by atoms with van der Waals surface area (Å²) in [5.41, 5.74) is 5.71. The fraction of sp³-hybridized carbons (Fsp3) is 0.222. The molecule has 3 aromatic rings. The van der Waals surface area contributed by atoms with Gasteiger partial charge in [0.15, 0.2) is 6.61 Å². The van der Waals surface area contributed by atoms with Crippen LogP contribution in [0.3, 0.4) is 0 Å². The van der Waals surface area contributed by atoms with E-state index in [1.54, 1.807) is 55.6 Å². The zero-order valence-corrected chi connectivity index (χ0v) is 19.7. The number of aryl methyl sites for hydroxylation is 1. The Kier molecular flexibility index (Phi) is 8.40. The normalized spacial score (nSPS) is 10.9. The molecule has 176 valence electrons. The lowest BCUT2D eigenvalue weighted by Gasteiger charge is -2.12. The van der Waals surface area contributed by atoms with Gasteiger partial charge in [0.25, 0.3) is 5.91 Å². The highest BCUT2D eigenvalue weighted by Gasteiger charge is 2.09. The average molecular weight is 461 g/mol. The Bertz CT molecular complexity index is 1150. The van der Waals surface area contributed by atoms with Crippen LogP contribution in [0.1, 0.15) is 46.8 Å². The smallest absolute Gasteiger partial charge is 0.343 e. The maximum absolute atomic E-state index is 12.2. The molecule has 0 unspecified atom stereocenters. The number of hydrazone groups is 1. The number of carbonyl (C=O) groups excluding carboxylic acids is 2. The number of esters is 1. The van der Waals surface area contributed by atoms with Crippen molar-refractivity contribution >= 4 is 18.1 Å². The third kappa shape index (κ3) is 6.93. The van der Waals surface area contributed by atoms with E-state index < -0.39 is 5.97 Å². The largest absolute Gasteiger partial charge is 0.497 e. The molecule has 0 saturated carbocycles. The van der Waals surface area contributed by atoms with Gasteiger partial charge >= 0.3 is 5.97 Å². The molecule has 7 heteroatoms. The standard InChI is InChI=1S/C27H28N2O5/c1-18(2)22-8-5-19(3)25(15-22)33-17-26(30)29-28-16-20-6-11-24(12-7-20)34-27(31)21-9-13-23(32-4)14-10-21/h5-16,18H,17H2,1-4H3,(H,29,30)/b28-16+. The molecule has 0 bridgehead atoms. The van der Waals surface area contributed by atoms with Gasteiger partial charge in [-0.2, -0.15) is 5.10 Å². The molecule has 0 fully saturated rings. The summed E-state index contributed by atoms with van der Waals surface area (Å²) in [6, 6.07) is 19.4. The summed E-state index contributed by atoms with van der Waals surface area (Å²) in [6.45, 7) is 6.01. The highest BCUT2D eigenvalue weighted by molar-refractivity contribution is 5.91. The second kappa shape index (κ2) is 11.7. The van der Waals surface area contributed by atoms with Crippen molar-refractivity contribution in [3.05, 3.63) is 89.0 Å². The predicted octanol–water partition coefficient (Wildman–Crippen LogP) is 4.88. The first kappa shape index (κ1) is 24.5. The summed E-state index contributed by atoms with van der Waals surface area (Å²) in [4.78, 5) is 24.3. The zero-order valence-electron chi connectivity index (χ0n) is 19.7. The third-order valence-corrected chi connectivity index (χ3v) is 5.06. The van der Waals surface area contributed by atoms with Crippen molar-refractivity contribution in [3.63, 3.8) is 0 Å². The quantitative estimate of drug-likeness (QED) is 0.213. The van der Waals surface area contributed by atoms with Crippen molar-refractivity contribution in [3.8, 4) is 17.2 Å². The van der Waals surface area contributed by atoms with E-state index in [4.69, 9.17) is 14.2 Å². The SMILES string of the molecule is COc1ccc(C(=O)Oc2ccc(/C=N/NC(=O)COc3cc(C(C)C)ccc3C)cc2)cc1. The van der Waals surface area contributed by atoms with Crippen LogP contribution in [-0.4, -0.2) is 31.8 Å². The molecule has 1 N–H and O–H groups in total. The molecular formula is C27H28N2O5. The molecule has 0 aliphatic rings. The topological polar surface area (TPSA) is 86.2 Å². The van der Waals surface area contributed by atoms with E-state index in [2.05, 4.69) is 30.4 Å². The number of hydrogen-bond donors (Lipinski definition) is 1.